The first-order valence-corrected chi connectivity index (χ1v) is 33.0. The van der Waals surface area contributed by atoms with E-state index in [9.17, 15) is 19.4 Å². The lowest BCUT2D eigenvalue weighted by atomic mass is 10.0. The molecule has 3 unspecified atom stereocenters. The van der Waals surface area contributed by atoms with Gasteiger partial charge in [0.2, 0.25) is 5.91 Å². The van der Waals surface area contributed by atoms with Gasteiger partial charge in [0.1, 0.15) is 13.2 Å². The second-order valence-electron chi connectivity index (χ2n) is 22.4. The third kappa shape index (κ3) is 59.2. The Morgan fingerprint density at radius 2 is 0.813 bits per heavy atom. The van der Waals surface area contributed by atoms with Gasteiger partial charge in [-0.25, -0.2) is 4.57 Å². The molecule has 0 heterocycles. The molecule has 0 rings (SSSR count). The summed E-state index contributed by atoms with van der Waals surface area (Å²) in [5.41, 5.74) is 0. The van der Waals surface area contributed by atoms with Crippen LogP contribution in [0.3, 0.4) is 0 Å². The lowest BCUT2D eigenvalue weighted by Gasteiger charge is -2.25. The minimum atomic E-state index is -4.36. The number of nitrogens with one attached hydrogen (secondary N) is 1. The highest BCUT2D eigenvalue weighted by atomic mass is 31.2. The molecule has 0 saturated heterocycles. The first-order chi connectivity index (χ1) is 36.5. The third-order valence-electron chi connectivity index (χ3n) is 13.8. The molecule has 3 atom stereocenters. The quantitative estimate of drug-likeness (QED) is 0.0243. The molecular weight excluding hydrogens is 948 g/mol. The van der Waals surface area contributed by atoms with E-state index >= 15 is 0 Å². The number of rotatable bonds is 57. The molecule has 1 amide bonds. The van der Waals surface area contributed by atoms with Gasteiger partial charge in [-0.3, -0.25) is 13.8 Å². The summed E-state index contributed by atoms with van der Waals surface area (Å²) in [6.45, 7) is 4.70. The Morgan fingerprint density at radius 1 is 0.467 bits per heavy atom. The Balaban J connectivity index is 4.21. The average molecular weight is 1070 g/mol. The molecule has 0 spiro atoms. The van der Waals surface area contributed by atoms with Crippen LogP contribution in [0, 0.1) is 0 Å². The molecule has 0 bridgehead atoms. The highest BCUT2D eigenvalue weighted by Crippen LogP contribution is 2.43. The maximum Gasteiger partial charge on any atom is 0.472 e. The van der Waals surface area contributed by atoms with Crippen LogP contribution in [0.2, 0.25) is 0 Å². The normalized spacial score (nSPS) is 14.4. The third-order valence-corrected chi connectivity index (χ3v) is 14.8. The number of carbonyl (C=O) groups excluding carboxylic acids is 1. The van der Waals surface area contributed by atoms with Crippen molar-refractivity contribution in [2.75, 3.05) is 40.9 Å². The summed E-state index contributed by atoms with van der Waals surface area (Å²) in [5.74, 6) is -0.191. The number of nitrogens with zero attached hydrogens (tertiary/aromatic N) is 1. The van der Waals surface area contributed by atoms with Gasteiger partial charge in [-0.05, 0) is 77.0 Å². The molecule has 0 aromatic rings. The first kappa shape index (κ1) is 72.7. The van der Waals surface area contributed by atoms with Crippen LogP contribution in [0.5, 0.6) is 0 Å². The van der Waals surface area contributed by atoms with Crippen molar-refractivity contribution in [1.29, 1.82) is 0 Å². The van der Waals surface area contributed by atoms with Crippen molar-refractivity contribution < 1.29 is 32.9 Å². The van der Waals surface area contributed by atoms with Gasteiger partial charge in [0.25, 0.3) is 0 Å². The van der Waals surface area contributed by atoms with Crippen molar-refractivity contribution in [3.63, 3.8) is 0 Å². The molecule has 0 fully saturated rings. The standard InChI is InChI=1S/C66H121N2O6P/c1-6-8-10-12-14-16-18-20-22-24-26-28-30-32-34-36-38-40-42-44-46-48-50-52-54-56-58-60-66(70)67-64(63-74-75(71,72)73-62-61-68(3,4)5)65(69)59-57-55-53-51-49-47-45-43-41-39-37-35-33-31-29-27-25-23-21-19-17-15-13-11-9-7-2/h8,10,14,16,20,22,26,28,32,34,49,51,57,59,64-65,69H,6-7,9,11-13,15,17-19,21,23-25,27,29-31,33,35-48,50,52-56,58,60-63H2,1-5H3,(H-,67,70,71,72)/p+1/b10-8-,16-14-,22-20-,28-26-,34-32-,51-49+,59-57+. The molecular formula is C66H122N2O6P+. The average Bonchev–Trinajstić information content (AvgIpc) is 3.37. The van der Waals surface area contributed by atoms with Crippen molar-refractivity contribution >= 4 is 13.7 Å². The summed E-state index contributed by atoms with van der Waals surface area (Å²) in [6, 6.07) is -0.871. The number of phosphoric acid groups is 1. The van der Waals surface area contributed by atoms with E-state index < -0.39 is 20.0 Å². The van der Waals surface area contributed by atoms with Crippen LogP contribution < -0.4 is 5.32 Å². The van der Waals surface area contributed by atoms with Crippen LogP contribution in [-0.2, 0) is 18.4 Å². The Kier molecular flexibility index (Phi) is 54.7. The Morgan fingerprint density at radius 3 is 1.23 bits per heavy atom. The molecule has 0 aliphatic heterocycles. The zero-order valence-corrected chi connectivity index (χ0v) is 50.7. The lowest BCUT2D eigenvalue weighted by molar-refractivity contribution is -0.870. The molecule has 436 valence electrons. The molecule has 0 saturated carbocycles. The number of allylic oxidation sites excluding steroid dienone is 13. The minimum Gasteiger partial charge on any atom is -0.387 e. The van der Waals surface area contributed by atoms with Crippen LogP contribution in [0.15, 0.2) is 85.1 Å². The van der Waals surface area contributed by atoms with E-state index in [2.05, 4.69) is 92.1 Å². The molecule has 0 aliphatic rings. The van der Waals surface area contributed by atoms with Gasteiger partial charge in [0.05, 0.1) is 39.9 Å². The molecule has 0 aromatic heterocycles. The summed E-state index contributed by atoms with van der Waals surface area (Å²) in [7, 11) is 1.55. The van der Waals surface area contributed by atoms with Gasteiger partial charge in [-0.15, -0.1) is 0 Å². The highest BCUT2D eigenvalue weighted by molar-refractivity contribution is 7.47. The molecule has 0 radical (unpaired) electrons. The van der Waals surface area contributed by atoms with Gasteiger partial charge in [0, 0.05) is 6.42 Å². The molecule has 8 nitrogen and oxygen atoms in total. The molecule has 9 heteroatoms. The van der Waals surface area contributed by atoms with E-state index in [-0.39, 0.29) is 19.1 Å². The number of aliphatic hydroxyl groups excluding tert-OH is 1. The Hall–Kier alpha value is -2.32. The van der Waals surface area contributed by atoms with Crippen molar-refractivity contribution in [3.05, 3.63) is 85.1 Å². The maximum absolute atomic E-state index is 13.0. The summed E-state index contributed by atoms with van der Waals surface area (Å²) < 4.78 is 23.7. The predicted molar refractivity (Wildman–Crippen MR) is 327 cm³/mol. The maximum atomic E-state index is 13.0. The summed E-state index contributed by atoms with van der Waals surface area (Å²) >= 11 is 0. The number of carbonyl (C=O) groups is 1. The number of quaternary nitrogens is 1. The van der Waals surface area contributed by atoms with E-state index in [1.54, 1.807) is 6.08 Å². The molecule has 0 aromatic carbocycles. The highest BCUT2D eigenvalue weighted by Gasteiger charge is 2.27. The van der Waals surface area contributed by atoms with Crippen LogP contribution in [-0.4, -0.2) is 73.4 Å². The summed E-state index contributed by atoms with van der Waals surface area (Å²) in [5, 5.41) is 14.0. The van der Waals surface area contributed by atoms with Crippen molar-refractivity contribution in [1.82, 2.24) is 5.32 Å². The fraction of sp³-hybridized carbons (Fsp3) is 0.773. The summed E-state index contributed by atoms with van der Waals surface area (Å²) in [4.78, 5) is 23.4. The van der Waals surface area contributed by atoms with Crippen LogP contribution in [0.1, 0.15) is 277 Å². The number of hydrogen-bond acceptors (Lipinski definition) is 5. The molecule has 0 aliphatic carbocycles. The Labute approximate surface area is 465 Å². The largest absolute Gasteiger partial charge is 0.472 e. The van der Waals surface area contributed by atoms with Gasteiger partial charge in [-0.1, -0.05) is 279 Å². The van der Waals surface area contributed by atoms with Gasteiger partial charge in [-0.2, -0.15) is 0 Å². The SMILES string of the molecule is CC/C=C\C/C=C\C/C=C\C/C=C\C/C=C\CCCCCCCCCCCCCC(=O)NC(COP(=O)(O)OCC[N+](C)(C)C)C(O)/C=C/CC/C=C/CCCCCCCCCCCCCCCCCCCCCC. The van der Waals surface area contributed by atoms with Crippen LogP contribution >= 0.6 is 7.82 Å². The predicted octanol–water partition coefficient (Wildman–Crippen LogP) is 19.6. The van der Waals surface area contributed by atoms with E-state index in [4.69, 9.17) is 9.05 Å². The van der Waals surface area contributed by atoms with Crippen molar-refractivity contribution in [3.8, 4) is 0 Å². The van der Waals surface area contributed by atoms with E-state index in [1.165, 1.54) is 186 Å². The number of hydrogen-bond donors (Lipinski definition) is 3. The van der Waals surface area contributed by atoms with Gasteiger partial charge < -0.3 is 19.8 Å². The van der Waals surface area contributed by atoms with E-state index in [0.717, 1.165) is 70.6 Å². The van der Waals surface area contributed by atoms with Crippen LogP contribution in [0.25, 0.3) is 0 Å². The number of likely N-dealkylation sites (N-methyl/N-ethyl adjacent to an activating group) is 1. The second kappa shape index (κ2) is 56.4. The van der Waals surface area contributed by atoms with Crippen molar-refractivity contribution in [2.24, 2.45) is 0 Å². The smallest absolute Gasteiger partial charge is 0.387 e. The zero-order valence-electron chi connectivity index (χ0n) is 49.8. The fourth-order valence-electron chi connectivity index (χ4n) is 8.97. The zero-order chi connectivity index (χ0) is 54.9. The minimum absolute atomic E-state index is 0.0524. The topological polar surface area (TPSA) is 105 Å². The van der Waals surface area contributed by atoms with E-state index in [1.807, 2.05) is 27.2 Å². The van der Waals surface area contributed by atoms with Crippen molar-refractivity contribution in [2.45, 2.75) is 289 Å². The van der Waals surface area contributed by atoms with Gasteiger partial charge in [0.15, 0.2) is 0 Å². The number of amides is 1. The van der Waals surface area contributed by atoms with E-state index in [0.29, 0.717) is 17.4 Å². The molecule has 3 N–H and O–H groups in total. The first-order valence-electron chi connectivity index (χ1n) is 31.5. The Bertz CT molecular complexity index is 1500. The molecule has 75 heavy (non-hydrogen) atoms. The number of unbranched alkanes of at least 4 members (excludes halogenated alkanes) is 32. The monoisotopic (exact) mass is 1070 g/mol. The van der Waals surface area contributed by atoms with Gasteiger partial charge >= 0.3 is 7.82 Å². The summed E-state index contributed by atoms with van der Waals surface area (Å²) in [6.07, 6.45) is 79.9. The lowest BCUT2D eigenvalue weighted by Crippen LogP contribution is -2.45. The second-order valence-corrected chi connectivity index (χ2v) is 23.8. The van der Waals surface area contributed by atoms with Crippen LogP contribution in [0.4, 0.5) is 0 Å². The number of phosphoric ester groups is 1. The number of aliphatic hydroxyl groups is 1. The fourth-order valence-corrected chi connectivity index (χ4v) is 9.70.